The molecule has 0 bridgehead atoms. The number of benzene rings is 2. The van der Waals surface area contributed by atoms with E-state index in [-0.39, 0.29) is 11.7 Å². The number of carbonyl (C=O) groups excluding carboxylic acids is 1. The molecule has 3 rings (SSSR count). The summed E-state index contributed by atoms with van der Waals surface area (Å²) in [7, 11) is 0. The first-order chi connectivity index (χ1) is 9.24. The molecule has 1 heterocycles. The van der Waals surface area contributed by atoms with E-state index in [1.807, 2.05) is 48.5 Å². The Labute approximate surface area is 117 Å². The van der Waals surface area contributed by atoms with Crippen LogP contribution in [0.5, 0.6) is 5.75 Å². The molecule has 19 heavy (non-hydrogen) atoms. The molecule has 2 aromatic rings. The number of hydrogen-bond acceptors (Lipinski definition) is 2. The second kappa shape index (κ2) is 5.06. The highest BCUT2D eigenvalue weighted by Gasteiger charge is 2.29. The molecule has 0 aliphatic carbocycles. The largest absolute Gasteiger partial charge is 0.492 e. The highest BCUT2D eigenvalue weighted by molar-refractivity contribution is 6.30. The van der Waals surface area contributed by atoms with E-state index in [9.17, 15) is 4.79 Å². The standard InChI is InChI=1S/C16H13ClO2/c17-12-7-5-11(6-8-12)9-15(18)14-10-19-16-4-2-1-3-13(14)16/h1-8,14H,9-10H2. The number of rotatable bonds is 3. The summed E-state index contributed by atoms with van der Waals surface area (Å²) < 4.78 is 5.55. The van der Waals surface area contributed by atoms with E-state index in [1.165, 1.54) is 0 Å². The van der Waals surface area contributed by atoms with Crippen LogP contribution >= 0.6 is 11.6 Å². The molecule has 0 fully saturated rings. The highest BCUT2D eigenvalue weighted by Crippen LogP contribution is 2.34. The van der Waals surface area contributed by atoms with Crippen LogP contribution < -0.4 is 4.74 Å². The Morgan fingerprint density at radius 3 is 2.68 bits per heavy atom. The number of ether oxygens (including phenoxy) is 1. The van der Waals surface area contributed by atoms with Crippen LogP contribution in [0.1, 0.15) is 17.0 Å². The molecule has 0 saturated heterocycles. The van der Waals surface area contributed by atoms with Gasteiger partial charge in [-0.1, -0.05) is 41.9 Å². The molecule has 2 aromatic carbocycles. The van der Waals surface area contributed by atoms with Crippen molar-refractivity contribution in [2.75, 3.05) is 6.61 Å². The maximum Gasteiger partial charge on any atom is 0.148 e. The Hall–Kier alpha value is -1.80. The number of Topliss-reactive ketones (excluding diaryl/α,β-unsaturated/α-hetero) is 1. The van der Waals surface area contributed by atoms with E-state index in [0.29, 0.717) is 18.1 Å². The van der Waals surface area contributed by atoms with E-state index < -0.39 is 0 Å². The number of ketones is 1. The predicted molar refractivity (Wildman–Crippen MR) is 74.8 cm³/mol. The number of fused-ring (bicyclic) bond motifs is 1. The van der Waals surface area contributed by atoms with Gasteiger partial charge < -0.3 is 4.74 Å². The molecule has 1 aliphatic rings. The third-order valence-electron chi connectivity index (χ3n) is 3.38. The quantitative estimate of drug-likeness (QED) is 0.853. The summed E-state index contributed by atoms with van der Waals surface area (Å²) in [5.74, 6) is 0.871. The average molecular weight is 273 g/mol. The van der Waals surface area contributed by atoms with Gasteiger partial charge in [-0.2, -0.15) is 0 Å². The minimum Gasteiger partial charge on any atom is -0.492 e. The van der Waals surface area contributed by atoms with E-state index in [0.717, 1.165) is 16.9 Å². The fraction of sp³-hybridized carbons (Fsp3) is 0.188. The van der Waals surface area contributed by atoms with Crippen LogP contribution in [0.15, 0.2) is 48.5 Å². The van der Waals surface area contributed by atoms with Crippen molar-refractivity contribution in [3.05, 3.63) is 64.7 Å². The van der Waals surface area contributed by atoms with Gasteiger partial charge in [0.05, 0.1) is 5.92 Å². The number of carbonyl (C=O) groups is 1. The van der Waals surface area contributed by atoms with E-state index in [4.69, 9.17) is 16.3 Å². The van der Waals surface area contributed by atoms with Crippen molar-refractivity contribution in [3.8, 4) is 5.75 Å². The lowest BCUT2D eigenvalue weighted by Crippen LogP contribution is -2.16. The van der Waals surface area contributed by atoms with Crippen LogP contribution in [0.3, 0.4) is 0 Å². The van der Waals surface area contributed by atoms with Crippen LogP contribution in [0.25, 0.3) is 0 Å². The Morgan fingerprint density at radius 1 is 1.16 bits per heavy atom. The first-order valence-corrected chi connectivity index (χ1v) is 6.61. The van der Waals surface area contributed by atoms with E-state index in [1.54, 1.807) is 0 Å². The zero-order chi connectivity index (χ0) is 13.2. The zero-order valence-corrected chi connectivity index (χ0v) is 11.1. The number of halogens is 1. The van der Waals surface area contributed by atoms with Gasteiger partial charge in [0.15, 0.2) is 0 Å². The molecule has 1 aliphatic heterocycles. The zero-order valence-electron chi connectivity index (χ0n) is 10.3. The van der Waals surface area contributed by atoms with Gasteiger partial charge >= 0.3 is 0 Å². The molecule has 0 N–H and O–H groups in total. The molecule has 0 radical (unpaired) electrons. The normalized spacial score (nSPS) is 16.8. The van der Waals surface area contributed by atoms with Crippen LogP contribution in [0.2, 0.25) is 5.02 Å². The molecule has 0 aromatic heterocycles. The fourth-order valence-corrected chi connectivity index (χ4v) is 2.48. The minimum atomic E-state index is -0.146. The van der Waals surface area contributed by atoms with Gasteiger partial charge in [-0.15, -0.1) is 0 Å². The van der Waals surface area contributed by atoms with Crippen molar-refractivity contribution < 1.29 is 9.53 Å². The summed E-state index contributed by atoms with van der Waals surface area (Å²) in [5.41, 5.74) is 1.99. The molecule has 3 heteroatoms. The van der Waals surface area contributed by atoms with E-state index in [2.05, 4.69) is 0 Å². The second-order valence-corrected chi connectivity index (χ2v) is 5.11. The van der Waals surface area contributed by atoms with Gasteiger partial charge in [0.1, 0.15) is 18.1 Å². The maximum absolute atomic E-state index is 12.3. The molecule has 1 unspecified atom stereocenters. The second-order valence-electron chi connectivity index (χ2n) is 4.67. The van der Waals surface area contributed by atoms with Crippen LogP contribution in [-0.2, 0) is 11.2 Å². The van der Waals surface area contributed by atoms with Gasteiger partial charge in [-0.25, -0.2) is 0 Å². The van der Waals surface area contributed by atoms with Crippen molar-refractivity contribution in [2.24, 2.45) is 0 Å². The molecule has 0 saturated carbocycles. The van der Waals surface area contributed by atoms with Crippen LogP contribution in [0.4, 0.5) is 0 Å². The lowest BCUT2D eigenvalue weighted by molar-refractivity contribution is -0.120. The van der Waals surface area contributed by atoms with Gasteiger partial charge in [0.25, 0.3) is 0 Å². The van der Waals surface area contributed by atoms with Crippen LogP contribution in [-0.4, -0.2) is 12.4 Å². The van der Waals surface area contributed by atoms with Crippen LogP contribution in [0, 0.1) is 0 Å². The van der Waals surface area contributed by atoms with Gasteiger partial charge in [0.2, 0.25) is 0 Å². The monoisotopic (exact) mass is 272 g/mol. The van der Waals surface area contributed by atoms with Crippen molar-refractivity contribution >= 4 is 17.4 Å². The predicted octanol–water partition coefficient (Wildman–Crippen LogP) is 3.63. The summed E-state index contributed by atoms with van der Waals surface area (Å²) in [6.45, 7) is 0.450. The lowest BCUT2D eigenvalue weighted by Gasteiger charge is -2.08. The number of hydrogen-bond donors (Lipinski definition) is 0. The Bertz CT molecular complexity index is 604. The van der Waals surface area contributed by atoms with Gasteiger partial charge in [0, 0.05) is 17.0 Å². The minimum absolute atomic E-state index is 0.146. The molecule has 0 amide bonds. The summed E-state index contributed by atoms with van der Waals surface area (Å²) in [5, 5.41) is 0.686. The smallest absolute Gasteiger partial charge is 0.148 e. The Balaban J connectivity index is 1.77. The van der Waals surface area contributed by atoms with Crippen molar-refractivity contribution in [1.29, 1.82) is 0 Å². The fourth-order valence-electron chi connectivity index (χ4n) is 2.36. The SMILES string of the molecule is O=C(Cc1ccc(Cl)cc1)C1COc2ccccc21. The summed E-state index contributed by atoms with van der Waals surface area (Å²) in [6.07, 6.45) is 0.416. The molecular formula is C16H13ClO2. The third kappa shape index (κ3) is 2.49. The number of para-hydroxylation sites is 1. The Kier molecular flexibility index (Phi) is 3.26. The summed E-state index contributed by atoms with van der Waals surface area (Å²) in [6, 6.07) is 15.1. The van der Waals surface area contributed by atoms with E-state index >= 15 is 0 Å². The Morgan fingerprint density at radius 2 is 1.89 bits per heavy atom. The first-order valence-electron chi connectivity index (χ1n) is 6.23. The van der Waals surface area contributed by atoms with Gasteiger partial charge in [-0.3, -0.25) is 4.79 Å². The van der Waals surface area contributed by atoms with Crippen molar-refractivity contribution in [1.82, 2.24) is 0 Å². The molecule has 1 atom stereocenters. The average Bonchev–Trinajstić information content (AvgIpc) is 2.85. The summed E-state index contributed by atoms with van der Waals surface area (Å²) in [4.78, 5) is 12.3. The van der Waals surface area contributed by atoms with Crippen molar-refractivity contribution in [3.63, 3.8) is 0 Å². The molecule has 2 nitrogen and oxygen atoms in total. The van der Waals surface area contributed by atoms with Crippen molar-refractivity contribution in [2.45, 2.75) is 12.3 Å². The first kappa shape index (κ1) is 12.2. The van der Waals surface area contributed by atoms with Gasteiger partial charge in [-0.05, 0) is 23.8 Å². The molecule has 0 spiro atoms. The molecular weight excluding hydrogens is 260 g/mol. The molecule has 96 valence electrons. The highest BCUT2D eigenvalue weighted by atomic mass is 35.5. The summed E-state index contributed by atoms with van der Waals surface area (Å²) >= 11 is 5.84. The lowest BCUT2D eigenvalue weighted by atomic mass is 9.93. The third-order valence-corrected chi connectivity index (χ3v) is 3.63. The topological polar surface area (TPSA) is 26.3 Å². The maximum atomic E-state index is 12.3.